The largest absolute Gasteiger partial charge is 0.482 e. The van der Waals surface area contributed by atoms with Crippen molar-refractivity contribution in [3.05, 3.63) is 59.1 Å². The maximum absolute atomic E-state index is 12.3. The maximum atomic E-state index is 12.3. The summed E-state index contributed by atoms with van der Waals surface area (Å²) in [5.74, 6) is -0.673. The van der Waals surface area contributed by atoms with Gasteiger partial charge < -0.3 is 14.6 Å². The molecule has 0 saturated heterocycles. The van der Waals surface area contributed by atoms with E-state index in [2.05, 4.69) is 4.72 Å². The fraction of sp³-hybridized carbons (Fsp3) is 0.235. The van der Waals surface area contributed by atoms with Crippen molar-refractivity contribution in [1.29, 1.82) is 0 Å². The van der Waals surface area contributed by atoms with Gasteiger partial charge in [-0.3, -0.25) is 0 Å². The zero-order valence-corrected chi connectivity index (χ0v) is 15.5. The Bertz CT molecular complexity index is 837. The molecular formula is C17H18ClNO6S. The van der Waals surface area contributed by atoms with Gasteiger partial charge in [0.25, 0.3) is 0 Å². The third kappa shape index (κ3) is 5.70. The molecule has 0 aliphatic heterocycles. The minimum atomic E-state index is -3.70. The topological polar surface area (TPSA) is 102 Å². The summed E-state index contributed by atoms with van der Waals surface area (Å²) in [6.45, 7) is -0.412. The first-order valence-corrected chi connectivity index (χ1v) is 9.40. The number of carbonyl (C=O) groups is 1. The highest BCUT2D eigenvalue weighted by Gasteiger charge is 2.18. The lowest BCUT2D eigenvalue weighted by molar-refractivity contribution is -0.139. The van der Waals surface area contributed by atoms with Gasteiger partial charge >= 0.3 is 5.97 Å². The second kappa shape index (κ2) is 9.00. The summed E-state index contributed by atoms with van der Waals surface area (Å²) in [7, 11) is -2.23. The summed E-state index contributed by atoms with van der Waals surface area (Å²) in [5, 5.41) is 9.04. The molecule has 2 rings (SSSR count). The summed E-state index contributed by atoms with van der Waals surface area (Å²) in [6.07, 6.45) is -0.523. The highest BCUT2D eigenvalue weighted by molar-refractivity contribution is 7.89. The number of halogens is 1. The Morgan fingerprint density at radius 3 is 2.31 bits per heavy atom. The summed E-state index contributed by atoms with van der Waals surface area (Å²) in [4.78, 5) is 10.6. The van der Waals surface area contributed by atoms with Gasteiger partial charge in [0.2, 0.25) is 10.0 Å². The van der Waals surface area contributed by atoms with Crippen LogP contribution in [0.15, 0.2) is 53.4 Å². The molecule has 9 heteroatoms. The van der Waals surface area contributed by atoms with Crippen molar-refractivity contribution in [2.24, 2.45) is 0 Å². The van der Waals surface area contributed by atoms with Crippen molar-refractivity contribution in [3.63, 3.8) is 0 Å². The van der Waals surface area contributed by atoms with Crippen LogP contribution in [-0.4, -0.2) is 39.8 Å². The van der Waals surface area contributed by atoms with Crippen LogP contribution in [0.5, 0.6) is 5.75 Å². The van der Waals surface area contributed by atoms with Gasteiger partial charge in [0.15, 0.2) is 6.61 Å². The molecule has 2 N–H and O–H groups in total. The molecule has 1 unspecified atom stereocenters. The van der Waals surface area contributed by atoms with E-state index in [1.54, 1.807) is 24.3 Å². The molecule has 0 amide bonds. The Morgan fingerprint density at radius 1 is 1.15 bits per heavy atom. The van der Waals surface area contributed by atoms with E-state index in [1.807, 2.05) is 0 Å². The predicted molar refractivity (Wildman–Crippen MR) is 96.0 cm³/mol. The molecule has 2 aromatic carbocycles. The van der Waals surface area contributed by atoms with Gasteiger partial charge in [0.05, 0.1) is 11.0 Å². The molecular weight excluding hydrogens is 382 g/mol. The molecule has 1 atom stereocenters. The van der Waals surface area contributed by atoms with Gasteiger partial charge in [-0.2, -0.15) is 0 Å². The standard InChI is InChI=1S/C17H18ClNO6S/c1-24-16(12-2-6-14(7-3-12)25-11-17(20)21)10-19-26(22,23)15-8-4-13(18)5-9-15/h2-9,16,19H,10-11H2,1H3,(H,20,21). The van der Waals surface area contributed by atoms with E-state index >= 15 is 0 Å². The number of methoxy groups -OCH3 is 1. The average Bonchev–Trinajstić information content (AvgIpc) is 2.61. The third-order valence-electron chi connectivity index (χ3n) is 3.48. The van der Waals surface area contributed by atoms with Crippen molar-refractivity contribution in [2.45, 2.75) is 11.0 Å². The van der Waals surface area contributed by atoms with Crippen LogP contribution in [0.1, 0.15) is 11.7 Å². The van der Waals surface area contributed by atoms with Crippen LogP contribution in [0.25, 0.3) is 0 Å². The number of hydrogen-bond acceptors (Lipinski definition) is 5. The number of carboxylic acid groups (broad SMARTS) is 1. The van der Waals surface area contributed by atoms with Gasteiger partial charge in [0, 0.05) is 18.7 Å². The lowest BCUT2D eigenvalue weighted by Crippen LogP contribution is -2.29. The van der Waals surface area contributed by atoms with Crippen molar-refractivity contribution in [3.8, 4) is 5.75 Å². The molecule has 0 radical (unpaired) electrons. The minimum Gasteiger partial charge on any atom is -0.482 e. The quantitative estimate of drug-likeness (QED) is 0.671. The van der Waals surface area contributed by atoms with E-state index in [0.717, 1.165) is 0 Å². The number of nitrogens with one attached hydrogen (secondary N) is 1. The van der Waals surface area contributed by atoms with Gasteiger partial charge in [-0.15, -0.1) is 0 Å². The molecule has 0 saturated carbocycles. The fourth-order valence-electron chi connectivity index (χ4n) is 2.14. The van der Waals surface area contributed by atoms with Crippen LogP contribution < -0.4 is 9.46 Å². The Kier molecular flexibility index (Phi) is 6.98. The monoisotopic (exact) mass is 399 g/mol. The van der Waals surface area contributed by atoms with Crippen LogP contribution in [0.4, 0.5) is 0 Å². The molecule has 0 spiro atoms. The maximum Gasteiger partial charge on any atom is 0.341 e. The number of ether oxygens (including phenoxy) is 2. The SMILES string of the molecule is COC(CNS(=O)(=O)c1ccc(Cl)cc1)c1ccc(OCC(=O)O)cc1. The van der Waals surface area contributed by atoms with Gasteiger partial charge in [-0.25, -0.2) is 17.9 Å². The van der Waals surface area contributed by atoms with E-state index in [9.17, 15) is 13.2 Å². The van der Waals surface area contributed by atoms with Crippen molar-refractivity contribution in [2.75, 3.05) is 20.3 Å². The van der Waals surface area contributed by atoms with Gasteiger partial charge in [-0.05, 0) is 42.0 Å². The average molecular weight is 400 g/mol. The summed E-state index contributed by atoms with van der Waals surface area (Å²) in [5.41, 5.74) is 0.717. The molecule has 0 aliphatic rings. The van der Waals surface area contributed by atoms with Crippen LogP contribution >= 0.6 is 11.6 Å². The van der Waals surface area contributed by atoms with E-state index < -0.39 is 28.7 Å². The van der Waals surface area contributed by atoms with E-state index in [0.29, 0.717) is 16.3 Å². The highest BCUT2D eigenvalue weighted by atomic mass is 35.5. The molecule has 2 aromatic rings. The smallest absolute Gasteiger partial charge is 0.341 e. The first-order chi connectivity index (χ1) is 12.3. The summed E-state index contributed by atoms with van der Waals surface area (Å²) < 4.78 is 37.5. The molecule has 140 valence electrons. The van der Waals surface area contributed by atoms with E-state index in [1.165, 1.54) is 31.4 Å². The number of carboxylic acids is 1. The third-order valence-corrected chi connectivity index (χ3v) is 5.17. The first kappa shape index (κ1) is 20.2. The Morgan fingerprint density at radius 2 is 1.77 bits per heavy atom. The molecule has 7 nitrogen and oxygen atoms in total. The number of aliphatic carboxylic acids is 1. The van der Waals surface area contributed by atoms with Crippen LogP contribution in [-0.2, 0) is 19.6 Å². The number of sulfonamides is 1. The van der Waals surface area contributed by atoms with Crippen molar-refractivity contribution >= 4 is 27.6 Å². The second-order valence-corrected chi connectivity index (χ2v) is 7.49. The number of hydrogen-bond donors (Lipinski definition) is 2. The molecule has 0 bridgehead atoms. The minimum absolute atomic E-state index is 0.0246. The Balaban J connectivity index is 2.02. The zero-order chi connectivity index (χ0) is 19.2. The molecule has 0 aromatic heterocycles. The fourth-order valence-corrected chi connectivity index (χ4v) is 3.30. The number of rotatable bonds is 9. The van der Waals surface area contributed by atoms with Crippen molar-refractivity contribution < 1.29 is 27.8 Å². The van der Waals surface area contributed by atoms with Crippen LogP contribution in [0, 0.1) is 0 Å². The molecule has 0 heterocycles. The van der Waals surface area contributed by atoms with Crippen LogP contribution in [0.2, 0.25) is 5.02 Å². The Hall–Kier alpha value is -2.13. The van der Waals surface area contributed by atoms with Gasteiger partial charge in [-0.1, -0.05) is 23.7 Å². The lowest BCUT2D eigenvalue weighted by Gasteiger charge is -2.17. The molecule has 26 heavy (non-hydrogen) atoms. The summed E-state index contributed by atoms with van der Waals surface area (Å²) >= 11 is 5.77. The predicted octanol–water partition coefficient (Wildman–Crippen LogP) is 2.47. The van der Waals surface area contributed by atoms with Crippen LogP contribution in [0.3, 0.4) is 0 Å². The molecule has 0 aliphatic carbocycles. The van der Waals surface area contributed by atoms with Crippen molar-refractivity contribution in [1.82, 2.24) is 4.72 Å². The highest BCUT2D eigenvalue weighted by Crippen LogP contribution is 2.21. The summed E-state index contributed by atoms with van der Waals surface area (Å²) in [6, 6.07) is 12.4. The lowest BCUT2D eigenvalue weighted by atomic mass is 10.1. The first-order valence-electron chi connectivity index (χ1n) is 7.54. The van der Waals surface area contributed by atoms with E-state index in [4.69, 9.17) is 26.2 Å². The number of benzene rings is 2. The molecule has 0 fully saturated rings. The second-order valence-electron chi connectivity index (χ2n) is 5.28. The van der Waals surface area contributed by atoms with E-state index in [-0.39, 0.29) is 11.4 Å². The zero-order valence-electron chi connectivity index (χ0n) is 13.9. The Labute approximate surface area is 156 Å². The van der Waals surface area contributed by atoms with Gasteiger partial charge in [0.1, 0.15) is 5.75 Å². The normalized spacial score (nSPS) is 12.5.